The Kier molecular flexibility index (Phi) is 3.75. The predicted molar refractivity (Wildman–Crippen MR) is 65.6 cm³/mol. The summed E-state index contributed by atoms with van der Waals surface area (Å²) in [7, 11) is 0. The van der Waals surface area contributed by atoms with Gasteiger partial charge in [-0.2, -0.15) is 0 Å². The van der Waals surface area contributed by atoms with Crippen LogP contribution in [0, 0.1) is 11.6 Å². The Morgan fingerprint density at radius 2 is 1.95 bits per heavy atom. The molecule has 0 aromatic heterocycles. The highest BCUT2D eigenvalue weighted by molar-refractivity contribution is 5.93. The van der Waals surface area contributed by atoms with Crippen molar-refractivity contribution in [2.75, 3.05) is 0 Å². The molecule has 0 saturated heterocycles. The number of benzene rings is 2. The molecular weight excluding hydrogens is 252 g/mol. The van der Waals surface area contributed by atoms with Crippen LogP contribution >= 0.6 is 0 Å². The molecule has 5 heteroatoms. The number of carbonyl (C=O) groups excluding carboxylic acids is 1. The summed E-state index contributed by atoms with van der Waals surface area (Å²) in [5.41, 5.74) is 5.67. The summed E-state index contributed by atoms with van der Waals surface area (Å²) < 4.78 is 31.4. The van der Waals surface area contributed by atoms with Crippen molar-refractivity contribution in [1.29, 1.82) is 0 Å². The van der Waals surface area contributed by atoms with E-state index in [9.17, 15) is 13.6 Å². The summed E-state index contributed by atoms with van der Waals surface area (Å²) in [6.07, 6.45) is 0. The molecule has 0 bridgehead atoms. The molecule has 0 radical (unpaired) electrons. The number of carbonyl (C=O) groups is 1. The van der Waals surface area contributed by atoms with Gasteiger partial charge in [-0.05, 0) is 30.3 Å². The minimum atomic E-state index is -0.675. The lowest BCUT2D eigenvalue weighted by atomic mass is 10.2. The van der Waals surface area contributed by atoms with Crippen LogP contribution in [-0.2, 0) is 6.61 Å². The van der Waals surface area contributed by atoms with Gasteiger partial charge < -0.3 is 10.5 Å². The van der Waals surface area contributed by atoms with Gasteiger partial charge in [0.25, 0.3) is 0 Å². The summed E-state index contributed by atoms with van der Waals surface area (Å²) in [5.74, 6) is -1.50. The third kappa shape index (κ3) is 3.28. The van der Waals surface area contributed by atoms with E-state index in [0.29, 0.717) is 11.3 Å². The van der Waals surface area contributed by atoms with E-state index in [-0.39, 0.29) is 12.2 Å². The molecule has 2 aromatic carbocycles. The number of ether oxygens (including phenoxy) is 1. The summed E-state index contributed by atoms with van der Waals surface area (Å²) in [6, 6.07) is 9.49. The lowest BCUT2D eigenvalue weighted by Gasteiger charge is -2.08. The van der Waals surface area contributed by atoms with Gasteiger partial charge in [0.05, 0.1) is 0 Å². The second kappa shape index (κ2) is 5.48. The van der Waals surface area contributed by atoms with Crippen LogP contribution in [0.5, 0.6) is 5.75 Å². The Bertz CT molecular complexity index is 614. The highest BCUT2D eigenvalue weighted by atomic mass is 19.1. The molecular formula is C14H11F2NO2. The van der Waals surface area contributed by atoms with Crippen LogP contribution in [0.3, 0.4) is 0 Å². The molecule has 2 N–H and O–H groups in total. The zero-order valence-electron chi connectivity index (χ0n) is 9.90. The van der Waals surface area contributed by atoms with Crippen LogP contribution in [0.4, 0.5) is 8.78 Å². The Morgan fingerprint density at radius 3 is 2.63 bits per heavy atom. The largest absolute Gasteiger partial charge is 0.489 e. The average Bonchev–Trinajstić information content (AvgIpc) is 2.38. The van der Waals surface area contributed by atoms with Crippen molar-refractivity contribution in [3.8, 4) is 5.75 Å². The number of primary amides is 1. The van der Waals surface area contributed by atoms with E-state index in [1.54, 1.807) is 18.2 Å². The van der Waals surface area contributed by atoms with E-state index < -0.39 is 17.5 Å². The molecule has 0 aliphatic rings. The number of hydrogen-bond donors (Lipinski definition) is 1. The van der Waals surface area contributed by atoms with Crippen LogP contribution < -0.4 is 10.5 Å². The maximum Gasteiger partial charge on any atom is 0.248 e. The van der Waals surface area contributed by atoms with Gasteiger partial charge in [-0.1, -0.05) is 6.07 Å². The SMILES string of the molecule is NC(=O)c1cccc(OCc2ccc(F)cc2F)c1. The van der Waals surface area contributed by atoms with Crippen molar-refractivity contribution in [2.24, 2.45) is 5.73 Å². The Morgan fingerprint density at radius 1 is 1.16 bits per heavy atom. The van der Waals surface area contributed by atoms with Crippen LogP contribution in [0.2, 0.25) is 0 Å². The Labute approximate surface area is 108 Å². The maximum atomic E-state index is 13.4. The molecule has 2 aromatic rings. The first-order chi connectivity index (χ1) is 9.06. The van der Waals surface area contributed by atoms with E-state index in [1.807, 2.05) is 0 Å². The fourth-order valence-electron chi connectivity index (χ4n) is 1.54. The van der Waals surface area contributed by atoms with Gasteiger partial charge in [-0.25, -0.2) is 8.78 Å². The second-order valence-electron chi connectivity index (χ2n) is 3.92. The quantitative estimate of drug-likeness (QED) is 0.921. The molecule has 1 amide bonds. The third-order valence-electron chi connectivity index (χ3n) is 2.53. The average molecular weight is 263 g/mol. The minimum absolute atomic E-state index is 0.0612. The fraction of sp³-hybridized carbons (Fsp3) is 0.0714. The highest BCUT2D eigenvalue weighted by Gasteiger charge is 2.06. The van der Waals surface area contributed by atoms with Gasteiger partial charge in [0.1, 0.15) is 24.0 Å². The van der Waals surface area contributed by atoms with Crippen molar-refractivity contribution in [3.63, 3.8) is 0 Å². The first-order valence-corrected chi connectivity index (χ1v) is 5.53. The van der Waals surface area contributed by atoms with Crippen LogP contribution in [0.1, 0.15) is 15.9 Å². The topological polar surface area (TPSA) is 52.3 Å². The van der Waals surface area contributed by atoms with Crippen molar-refractivity contribution in [2.45, 2.75) is 6.61 Å². The molecule has 0 spiro atoms. The van der Waals surface area contributed by atoms with Gasteiger partial charge in [0.2, 0.25) is 5.91 Å². The lowest BCUT2D eigenvalue weighted by Crippen LogP contribution is -2.10. The van der Waals surface area contributed by atoms with E-state index in [0.717, 1.165) is 12.1 Å². The molecule has 2 rings (SSSR count). The molecule has 0 unspecified atom stereocenters. The summed E-state index contributed by atoms with van der Waals surface area (Å²) in [5, 5.41) is 0. The second-order valence-corrected chi connectivity index (χ2v) is 3.92. The lowest BCUT2D eigenvalue weighted by molar-refractivity contribution is 0.1000. The van der Waals surface area contributed by atoms with Gasteiger partial charge in [0, 0.05) is 17.2 Å². The molecule has 0 aliphatic carbocycles. The number of amides is 1. The zero-order valence-corrected chi connectivity index (χ0v) is 9.90. The minimum Gasteiger partial charge on any atom is -0.489 e. The zero-order chi connectivity index (χ0) is 13.8. The molecule has 19 heavy (non-hydrogen) atoms. The highest BCUT2D eigenvalue weighted by Crippen LogP contribution is 2.16. The fourth-order valence-corrected chi connectivity index (χ4v) is 1.54. The Hall–Kier alpha value is -2.43. The van der Waals surface area contributed by atoms with Gasteiger partial charge in [-0.15, -0.1) is 0 Å². The number of halogens is 2. The monoisotopic (exact) mass is 263 g/mol. The maximum absolute atomic E-state index is 13.4. The summed E-state index contributed by atoms with van der Waals surface area (Å²) in [6.45, 7) is -0.0612. The van der Waals surface area contributed by atoms with E-state index in [1.165, 1.54) is 12.1 Å². The molecule has 0 saturated carbocycles. The smallest absolute Gasteiger partial charge is 0.248 e. The van der Waals surface area contributed by atoms with Crippen LogP contribution in [-0.4, -0.2) is 5.91 Å². The van der Waals surface area contributed by atoms with Crippen molar-refractivity contribution in [1.82, 2.24) is 0 Å². The first kappa shape index (κ1) is 13.0. The van der Waals surface area contributed by atoms with E-state index in [4.69, 9.17) is 10.5 Å². The molecule has 3 nitrogen and oxygen atoms in total. The van der Waals surface area contributed by atoms with Gasteiger partial charge in [0.15, 0.2) is 0 Å². The van der Waals surface area contributed by atoms with Gasteiger partial charge >= 0.3 is 0 Å². The number of nitrogens with two attached hydrogens (primary N) is 1. The van der Waals surface area contributed by atoms with Crippen molar-refractivity contribution >= 4 is 5.91 Å². The predicted octanol–water partition coefficient (Wildman–Crippen LogP) is 2.64. The third-order valence-corrected chi connectivity index (χ3v) is 2.53. The van der Waals surface area contributed by atoms with E-state index in [2.05, 4.69) is 0 Å². The normalized spacial score (nSPS) is 10.2. The molecule has 0 fully saturated rings. The molecule has 0 heterocycles. The van der Waals surface area contributed by atoms with E-state index >= 15 is 0 Å². The molecule has 98 valence electrons. The van der Waals surface area contributed by atoms with Gasteiger partial charge in [-0.3, -0.25) is 4.79 Å². The number of rotatable bonds is 4. The van der Waals surface area contributed by atoms with Crippen LogP contribution in [0.25, 0.3) is 0 Å². The molecule has 0 atom stereocenters. The Balaban J connectivity index is 2.10. The number of hydrogen-bond acceptors (Lipinski definition) is 2. The first-order valence-electron chi connectivity index (χ1n) is 5.53. The van der Waals surface area contributed by atoms with Crippen molar-refractivity contribution < 1.29 is 18.3 Å². The van der Waals surface area contributed by atoms with Crippen molar-refractivity contribution in [3.05, 3.63) is 65.2 Å². The van der Waals surface area contributed by atoms with Crippen LogP contribution in [0.15, 0.2) is 42.5 Å². The summed E-state index contributed by atoms with van der Waals surface area (Å²) >= 11 is 0. The summed E-state index contributed by atoms with van der Waals surface area (Å²) in [4.78, 5) is 11.0. The standard InChI is InChI=1S/C14H11F2NO2/c15-11-5-4-10(13(16)7-11)8-19-12-3-1-2-9(6-12)14(17)18/h1-7H,8H2,(H2,17,18). The molecule has 0 aliphatic heterocycles.